The molecule has 1 aliphatic heterocycles. The Morgan fingerprint density at radius 2 is 2.13 bits per heavy atom. The Balaban J connectivity index is 2.72. The van der Waals surface area contributed by atoms with E-state index >= 15 is 0 Å². The Labute approximate surface area is 86.1 Å². The summed E-state index contributed by atoms with van der Waals surface area (Å²) >= 11 is 0. The summed E-state index contributed by atoms with van der Waals surface area (Å²) in [5, 5.41) is 36.9. The van der Waals surface area contributed by atoms with E-state index in [0.29, 0.717) is 0 Å². The normalized spacial score (nSPS) is 38.7. The Bertz CT molecular complexity index is 235. The van der Waals surface area contributed by atoms with Gasteiger partial charge in [0.2, 0.25) is 0 Å². The highest BCUT2D eigenvalue weighted by molar-refractivity contribution is 5.72. The second kappa shape index (κ2) is 4.86. The van der Waals surface area contributed by atoms with Gasteiger partial charge in [0.1, 0.15) is 12.2 Å². The molecule has 0 amide bonds. The van der Waals surface area contributed by atoms with E-state index in [0.717, 1.165) is 0 Å². The van der Waals surface area contributed by atoms with Gasteiger partial charge in [0.05, 0.1) is 12.2 Å². The Hall–Kier alpha value is -0.730. The van der Waals surface area contributed by atoms with Crippen molar-refractivity contribution < 1.29 is 30.0 Å². The van der Waals surface area contributed by atoms with Crippen LogP contribution in [-0.4, -0.2) is 63.5 Å². The van der Waals surface area contributed by atoms with Gasteiger partial charge in [-0.15, -0.1) is 0 Å². The molecular weight excluding hydrogens is 206 g/mol. The Kier molecular flexibility index (Phi) is 4.00. The van der Waals surface area contributed by atoms with Crippen LogP contribution in [0.2, 0.25) is 0 Å². The van der Waals surface area contributed by atoms with Crippen molar-refractivity contribution in [2.45, 2.75) is 36.9 Å². The number of aliphatic carboxylic acids is 1. The van der Waals surface area contributed by atoms with Crippen molar-refractivity contribution in [2.24, 2.45) is 5.73 Å². The van der Waals surface area contributed by atoms with Crippen LogP contribution in [0.25, 0.3) is 0 Å². The zero-order valence-electron chi connectivity index (χ0n) is 7.98. The molecule has 0 radical (unpaired) electrons. The molecule has 0 saturated carbocycles. The fourth-order valence-corrected chi connectivity index (χ4v) is 1.51. The minimum atomic E-state index is -1.32. The highest BCUT2D eigenvalue weighted by atomic mass is 16.5. The average molecular weight is 221 g/mol. The number of hydrogen-bond acceptors (Lipinski definition) is 6. The van der Waals surface area contributed by atoms with E-state index in [1.165, 1.54) is 0 Å². The SMILES string of the molecule is NC[C@@H](O)[C@H]1O[C@H](C(=O)O)C[C@@H](O)[C@H]1O. The average Bonchev–Trinajstić information content (AvgIpc) is 2.20. The van der Waals surface area contributed by atoms with Gasteiger partial charge in [0, 0.05) is 13.0 Å². The van der Waals surface area contributed by atoms with Crippen LogP contribution in [0.4, 0.5) is 0 Å². The number of rotatable bonds is 3. The first kappa shape index (κ1) is 12.3. The zero-order chi connectivity index (χ0) is 11.6. The molecule has 6 N–H and O–H groups in total. The van der Waals surface area contributed by atoms with Gasteiger partial charge in [0.15, 0.2) is 6.10 Å². The molecule has 0 aromatic heterocycles. The molecule has 0 unspecified atom stereocenters. The van der Waals surface area contributed by atoms with E-state index in [4.69, 9.17) is 15.6 Å². The largest absolute Gasteiger partial charge is 0.479 e. The van der Waals surface area contributed by atoms with E-state index in [1.807, 2.05) is 0 Å². The van der Waals surface area contributed by atoms with Crippen LogP contribution in [0.1, 0.15) is 6.42 Å². The molecule has 88 valence electrons. The molecule has 1 heterocycles. The Morgan fingerprint density at radius 1 is 1.53 bits per heavy atom. The van der Waals surface area contributed by atoms with Gasteiger partial charge in [-0.2, -0.15) is 0 Å². The summed E-state index contributed by atoms with van der Waals surface area (Å²) in [6.07, 6.45) is -6.35. The standard InChI is InChI=1S/C8H15NO6/c9-2-4(11)7-6(12)3(10)1-5(15-7)8(13)14/h3-7,10-12H,1-2,9H2,(H,13,14)/t3-,4-,5+,6-,7-/m1/s1. The van der Waals surface area contributed by atoms with Crippen LogP contribution in [0.5, 0.6) is 0 Å². The lowest BCUT2D eigenvalue weighted by atomic mass is 9.94. The molecular formula is C8H15NO6. The molecule has 5 atom stereocenters. The van der Waals surface area contributed by atoms with Gasteiger partial charge in [-0.25, -0.2) is 4.79 Å². The molecule has 0 spiro atoms. The number of carboxylic acid groups (broad SMARTS) is 1. The summed E-state index contributed by atoms with van der Waals surface area (Å²) in [6, 6.07) is 0. The lowest BCUT2D eigenvalue weighted by Gasteiger charge is -2.37. The third kappa shape index (κ3) is 2.64. The smallest absolute Gasteiger partial charge is 0.332 e. The monoisotopic (exact) mass is 221 g/mol. The van der Waals surface area contributed by atoms with E-state index in [-0.39, 0.29) is 13.0 Å². The van der Waals surface area contributed by atoms with Crippen molar-refractivity contribution in [3.63, 3.8) is 0 Å². The molecule has 1 saturated heterocycles. The fraction of sp³-hybridized carbons (Fsp3) is 0.875. The number of aliphatic hydroxyl groups is 3. The quantitative estimate of drug-likeness (QED) is 0.349. The van der Waals surface area contributed by atoms with Crippen molar-refractivity contribution in [2.75, 3.05) is 6.54 Å². The third-order valence-electron chi connectivity index (χ3n) is 2.40. The molecule has 7 heteroatoms. The maximum Gasteiger partial charge on any atom is 0.332 e. The minimum Gasteiger partial charge on any atom is -0.479 e. The predicted octanol–water partition coefficient (Wildman–Crippen LogP) is -2.73. The highest BCUT2D eigenvalue weighted by Gasteiger charge is 2.42. The first-order valence-corrected chi connectivity index (χ1v) is 4.60. The van der Waals surface area contributed by atoms with Crippen LogP contribution >= 0.6 is 0 Å². The van der Waals surface area contributed by atoms with Crippen molar-refractivity contribution in [1.29, 1.82) is 0 Å². The second-order valence-electron chi connectivity index (χ2n) is 3.52. The lowest BCUT2D eigenvalue weighted by molar-refractivity contribution is -0.207. The molecule has 0 aromatic carbocycles. The van der Waals surface area contributed by atoms with Crippen LogP contribution in [0.3, 0.4) is 0 Å². The number of hydrogen-bond donors (Lipinski definition) is 5. The van der Waals surface area contributed by atoms with Gasteiger partial charge >= 0.3 is 5.97 Å². The maximum atomic E-state index is 10.6. The topological polar surface area (TPSA) is 133 Å². The number of carbonyl (C=O) groups is 1. The summed E-state index contributed by atoms with van der Waals surface area (Å²) < 4.78 is 4.94. The predicted molar refractivity (Wildman–Crippen MR) is 48.0 cm³/mol. The van der Waals surface area contributed by atoms with Gasteiger partial charge in [-0.3, -0.25) is 0 Å². The molecule has 0 aliphatic carbocycles. The number of aliphatic hydroxyl groups excluding tert-OH is 3. The first-order chi connectivity index (χ1) is 6.97. The van der Waals surface area contributed by atoms with Gasteiger partial charge in [0.25, 0.3) is 0 Å². The van der Waals surface area contributed by atoms with E-state index < -0.39 is 36.5 Å². The summed E-state index contributed by atoms with van der Waals surface area (Å²) in [5.74, 6) is -1.24. The van der Waals surface area contributed by atoms with Crippen LogP contribution < -0.4 is 5.73 Å². The van der Waals surface area contributed by atoms with Crippen LogP contribution in [0.15, 0.2) is 0 Å². The molecule has 0 aromatic rings. The van der Waals surface area contributed by atoms with E-state index in [1.54, 1.807) is 0 Å². The molecule has 1 aliphatic rings. The molecule has 15 heavy (non-hydrogen) atoms. The van der Waals surface area contributed by atoms with E-state index in [9.17, 15) is 20.1 Å². The van der Waals surface area contributed by atoms with Crippen molar-refractivity contribution in [1.82, 2.24) is 0 Å². The number of ether oxygens (including phenoxy) is 1. The van der Waals surface area contributed by atoms with Crippen LogP contribution in [-0.2, 0) is 9.53 Å². The second-order valence-corrected chi connectivity index (χ2v) is 3.52. The molecule has 1 rings (SSSR count). The summed E-state index contributed by atoms with van der Waals surface area (Å²) in [4.78, 5) is 10.6. The summed E-state index contributed by atoms with van der Waals surface area (Å²) in [7, 11) is 0. The van der Waals surface area contributed by atoms with Gasteiger partial charge in [-0.05, 0) is 0 Å². The Morgan fingerprint density at radius 3 is 2.60 bits per heavy atom. The number of carboxylic acids is 1. The lowest BCUT2D eigenvalue weighted by Crippen LogP contribution is -2.56. The summed E-state index contributed by atoms with van der Waals surface area (Å²) in [5.41, 5.74) is 5.16. The van der Waals surface area contributed by atoms with Crippen molar-refractivity contribution in [3.8, 4) is 0 Å². The van der Waals surface area contributed by atoms with Crippen molar-refractivity contribution in [3.05, 3.63) is 0 Å². The van der Waals surface area contributed by atoms with Crippen LogP contribution in [0, 0.1) is 0 Å². The maximum absolute atomic E-state index is 10.6. The molecule has 0 bridgehead atoms. The molecule has 7 nitrogen and oxygen atoms in total. The molecule has 1 fully saturated rings. The summed E-state index contributed by atoms with van der Waals surface area (Å²) in [6.45, 7) is -0.180. The number of nitrogens with two attached hydrogens (primary N) is 1. The van der Waals surface area contributed by atoms with Gasteiger partial charge in [-0.1, -0.05) is 0 Å². The van der Waals surface area contributed by atoms with Gasteiger partial charge < -0.3 is 30.9 Å². The third-order valence-corrected chi connectivity index (χ3v) is 2.40. The zero-order valence-corrected chi connectivity index (χ0v) is 7.98. The van der Waals surface area contributed by atoms with Crippen molar-refractivity contribution >= 4 is 5.97 Å². The van der Waals surface area contributed by atoms with E-state index in [2.05, 4.69) is 0 Å². The highest BCUT2D eigenvalue weighted by Crippen LogP contribution is 2.22. The first-order valence-electron chi connectivity index (χ1n) is 4.60. The fourth-order valence-electron chi connectivity index (χ4n) is 1.51. The minimum absolute atomic E-state index is 0.180.